The number of amides is 1. The number of aliphatic hydroxyl groups is 1. The second-order valence-corrected chi connectivity index (χ2v) is 5.60. The lowest BCUT2D eigenvalue weighted by Crippen LogP contribution is -2.23. The van der Waals surface area contributed by atoms with E-state index in [9.17, 15) is 4.79 Å². The number of pyridine rings is 1. The molecule has 0 bridgehead atoms. The molecule has 1 fully saturated rings. The van der Waals surface area contributed by atoms with E-state index in [0.717, 1.165) is 24.1 Å². The van der Waals surface area contributed by atoms with Crippen LogP contribution in [-0.2, 0) is 17.6 Å². The van der Waals surface area contributed by atoms with Crippen LogP contribution in [0, 0.1) is 0 Å². The molecule has 0 aromatic carbocycles. The number of aliphatic hydroxyl groups excluding tert-OH is 1. The molecule has 6 nitrogen and oxygen atoms in total. The normalized spacial score (nSPS) is 14.6. The van der Waals surface area contributed by atoms with Gasteiger partial charge in [-0.1, -0.05) is 0 Å². The average molecular weight is 300 g/mol. The van der Waals surface area contributed by atoms with Gasteiger partial charge in [-0.05, 0) is 49.4 Å². The highest BCUT2D eigenvalue weighted by atomic mass is 16.3. The first-order chi connectivity index (χ1) is 10.8. The Hall–Kier alpha value is -2.21. The van der Waals surface area contributed by atoms with E-state index >= 15 is 0 Å². The maximum atomic E-state index is 12.2. The summed E-state index contributed by atoms with van der Waals surface area (Å²) in [5, 5.41) is 16.1. The molecule has 2 aromatic heterocycles. The number of rotatable bonds is 6. The molecule has 2 N–H and O–H groups in total. The summed E-state index contributed by atoms with van der Waals surface area (Å²) in [4.78, 5) is 16.3. The first-order valence-electron chi connectivity index (χ1n) is 7.64. The second kappa shape index (κ2) is 6.70. The minimum absolute atomic E-state index is 0.0813. The highest BCUT2D eigenvalue weighted by Gasteiger charge is 2.22. The largest absolute Gasteiger partial charge is 0.396 e. The molecule has 1 amide bonds. The van der Waals surface area contributed by atoms with Gasteiger partial charge >= 0.3 is 0 Å². The zero-order valence-corrected chi connectivity index (χ0v) is 12.4. The summed E-state index contributed by atoms with van der Waals surface area (Å²) < 4.78 is 1.97. The number of anilines is 1. The van der Waals surface area contributed by atoms with Gasteiger partial charge in [0.05, 0.1) is 12.5 Å². The molecule has 1 aliphatic rings. The van der Waals surface area contributed by atoms with Gasteiger partial charge in [0.25, 0.3) is 0 Å². The van der Waals surface area contributed by atoms with Crippen molar-refractivity contribution >= 4 is 11.7 Å². The molecular weight excluding hydrogens is 280 g/mol. The topological polar surface area (TPSA) is 80.0 Å². The first-order valence-corrected chi connectivity index (χ1v) is 7.64. The lowest BCUT2D eigenvalue weighted by atomic mass is 9.93. The number of nitrogens with one attached hydrogen (secondary N) is 1. The number of hydrogen-bond donors (Lipinski definition) is 2. The highest BCUT2D eigenvalue weighted by molar-refractivity contribution is 5.91. The van der Waals surface area contributed by atoms with Crippen LogP contribution in [0.5, 0.6) is 0 Å². The fourth-order valence-corrected chi connectivity index (χ4v) is 2.62. The fourth-order valence-electron chi connectivity index (χ4n) is 2.62. The van der Waals surface area contributed by atoms with E-state index in [1.807, 2.05) is 16.8 Å². The van der Waals surface area contributed by atoms with Gasteiger partial charge < -0.3 is 10.4 Å². The Morgan fingerprint density at radius 2 is 2.23 bits per heavy atom. The quantitative estimate of drug-likeness (QED) is 0.851. The zero-order valence-electron chi connectivity index (χ0n) is 12.4. The molecule has 116 valence electrons. The van der Waals surface area contributed by atoms with E-state index in [2.05, 4.69) is 15.4 Å². The maximum Gasteiger partial charge on any atom is 0.231 e. The van der Waals surface area contributed by atoms with Crippen LogP contribution < -0.4 is 5.32 Å². The van der Waals surface area contributed by atoms with Gasteiger partial charge in [-0.25, -0.2) is 4.98 Å². The molecule has 0 aliphatic heterocycles. The molecule has 22 heavy (non-hydrogen) atoms. The summed E-state index contributed by atoms with van der Waals surface area (Å²) in [6, 6.07) is 5.96. The maximum absolute atomic E-state index is 12.2. The van der Waals surface area contributed by atoms with Gasteiger partial charge in [-0.15, -0.1) is 0 Å². The summed E-state index contributed by atoms with van der Waals surface area (Å²) in [6.45, 7) is 0.0813. The Morgan fingerprint density at radius 3 is 2.95 bits per heavy atom. The van der Waals surface area contributed by atoms with Crippen molar-refractivity contribution in [2.75, 3.05) is 11.9 Å². The van der Waals surface area contributed by atoms with Crippen LogP contribution >= 0.6 is 0 Å². The van der Waals surface area contributed by atoms with Crippen molar-refractivity contribution in [1.29, 1.82) is 0 Å². The first kappa shape index (κ1) is 14.7. The number of carbonyl (C=O) groups is 1. The van der Waals surface area contributed by atoms with E-state index in [-0.39, 0.29) is 12.5 Å². The van der Waals surface area contributed by atoms with Crippen molar-refractivity contribution in [3.05, 3.63) is 41.9 Å². The monoisotopic (exact) mass is 300 g/mol. The highest BCUT2D eigenvalue weighted by Crippen LogP contribution is 2.31. The van der Waals surface area contributed by atoms with Crippen LogP contribution in [0.25, 0.3) is 0 Å². The summed E-state index contributed by atoms with van der Waals surface area (Å²) in [5.41, 5.74) is 1.89. The molecule has 2 aromatic rings. The van der Waals surface area contributed by atoms with Gasteiger partial charge in [-0.2, -0.15) is 5.10 Å². The van der Waals surface area contributed by atoms with Crippen molar-refractivity contribution in [3.63, 3.8) is 0 Å². The molecular formula is C16H20N4O2. The molecule has 0 saturated heterocycles. The third-order valence-corrected chi connectivity index (χ3v) is 4.01. The van der Waals surface area contributed by atoms with Gasteiger partial charge in [0.15, 0.2) is 0 Å². The van der Waals surface area contributed by atoms with Gasteiger partial charge in [-0.3, -0.25) is 9.48 Å². The second-order valence-electron chi connectivity index (χ2n) is 5.60. The lowest BCUT2D eigenvalue weighted by Gasteiger charge is -2.27. The Kier molecular flexibility index (Phi) is 4.48. The van der Waals surface area contributed by atoms with Crippen LogP contribution in [0.1, 0.15) is 36.6 Å². The predicted molar refractivity (Wildman–Crippen MR) is 82.5 cm³/mol. The summed E-state index contributed by atoms with van der Waals surface area (Å²) in [5.74, 6) is 0.417. The molecule has 2 heterocycles. The minimum atomic E-state index is -0.102. The van der Waals surface area contributed by atoms with Crippen molar-refractivity contribution in [2.24, 2.45) is 0 Å². The van der Waals surface area contributed by atoms with Gasteiger partial charge in [0, 0.05) is 24.7 Å². The van der Waals surface area contributed by atoms with Crippen LogP contribution in [0.4, 0.5) is 5.82 Å². The minimum Gasteiger partial charge on any atom is -0.396 e. The van der Waals surface area contributed by atoms with E-state index in [4.69, 9.17) is 5.11 Å². The Balaban J connectivity index is 1.63. The van der Waals surface area contributed by atoms with E-state index in [1.54, 1.807) is 18.5 Å². The van der Waals surface area contributed by atoms with E-state index in [0.29, 0.717) is 24.7 Å². The Labute approximate surface area is 129 Å². The van der Waals surface area contributed by atoms with Crippen LogP contribution in [0.2, 0.25) is 0 Å². The van der Waals surface area contributed by atoms with Crippen LogP contribution in [0.3, 0.4) is 0 Å². The fraction of sp³-hybridized carbons (Fsp3) is 0.438. The number of nitrogens with zero attached hydrogens (tertiary/aromatic N) is 3. The molecule has 0 radical (unpaired) electrons. The van der Waals surface area contributed by atoms with Gasteiger partial charge in [0.2, 0.25) is 5.91 Å². The SMILES string of the molecule is O=C(Cc1ccnn1C1CCC1)Nc1cc(CCO)ccn1. The number of carbonyl (C=O) groups excluding carboxylic acids is 1. The molecule has 3 rings (SSSR count). The molecule has 1 saturated carbocycles. The molecule has 0 spiro atoms. The Bertz CT molecular complexity index is 649. The van der Waals surface area contributed by atoms with Crippen molar-refractivity contribution in [2.45, 2.75) is 38.1 Å². The van der Waals surface area contributed by atoms with E-state index < -0.39 is 0 Å². The summed E-state index contributed by atoms with van der Waals surface area (Å²) in [7, 11) is 0. The molecule has 0 atom stereocenters. The van der Waals surface area contributed by atoms with Crippen molar-refractivity contribution < 1.29 is 9.90 Å². The number of aromatic nitrogens is 3. The van der Waals surface area contributed by atoms with Crippen molar-refractivity contribution in [3.8, 4) is 0 Å². The third-order valence-electron chi connectivity index (χ3n) is 4.01. The van der Waals surface area contributed by atoms with Crippen LogP contribution in [0.15, 0.2) is 30.6 Å². The number of hydrogen-bond acceptors (Lipinski definition) is 4. The van der Waals surface area contributed by atoms with Crippen LogP contribution in [-0.4, -0.2) is 32.4 Å². The van der Waals surface area contributed by atoms with Crippen molar-refractivity contribution in [1.82, 2.24) is 14.8 Å². The summed E-state index contributed by atoms with van der Waals surface area (Å²) in [6.07, 6.45) is 7.75. The third kappa shape index (κ3) is 3.33. The zero-order chi connectivity index (χ0) is 15.4. The smallest absolute Gasteiger partial charge is 0.231 e. The Morgan fingerprint density at radius 1 is 1.36 bits per heavy atom. The average Bonchev–Trinajstić information content (AvgIpc) is 2.85. The predicted octanol–water partition coefficient (Wildman–Crippen LogP) is 1.72. The summed E-state index contributed by atoms with van der Waals surface area (Å²) >= 11 is 0. The standard InChI is InChI=1S/C16H20N4O2/c21-9-6-12-4-7-17-15(10-12)19-16(22)11-14-5-8-18-20(14)13-2-1-3-13/h4-5,7-8,10,13,21H,1-3,6,9,11H2,(H,17,19,22). The molecule has 6 heteroatoms. The molecule has 0 unspecified atom stereocenters. The van der Waals surface area contributed by atoms with E-state index in [1.165, 1.54) is 6.42 Å². The lowest BCUT2D eigenvalue weighted by molar-refractivity contribution is -0.115. The molecule has 1 aliphatic carbocycles. The van der Waals surface area contributed by atoms with Gasteiger partial charge in [0.1, 0.15) is 5.82 Å².